The Morgan fingerprint density at radius 1 is 1.00 bits per heavy atom. The van der Waals surface area contributed by atoms with E-state index in [1.807, 2.05) is 0 Å². The molecule has 0 unspecified atom stereocenters. The van der Waals surface area contributed by atoms with Gasteiger partial charge in [-0.05, 0) is 0 Å². The minimum absolute atomic E-state index is 0. The molecule has 0 heterocycles. The molecule has 86 valence electrons. The molecule has 9 nitrogen and oxygen atoms in total. The van der Waals surface area contributed by atoms with Crippen molar-refractivity contribution >= 4 is 36.3 Å². The molecule has 0 fully saturated rings. The van der Waals surface area contributed by atoms with Gasteiger partial charge in [-0.15, -0.1) is 27.7 Å². The molecule has 0 atom stereocenters. The molecule has 0 aliphatic heterocycles. The number of aliphatic hydroxyl groups excluding tert-OH is 1. The quantitative estimate of drug-likeness (QED) is 0.202. The van der Waals surface area contributed by atoms with Crippen molar-refractivity contribution in [2.75, 3.05) is 6.61 Å². The van der Waals surface area contributed by atoms with E-state index in [0.717, 1.165) is 6.21 Å². The lowest BCUT2D eigenvalue weighted by Gasteiger charge is -1.90. The minimum atomic E-state index is -0.389. The summed E-state index contributed by atoms with van der Waals surface area (Å²) in [5, 5.41) is 22.1. The molecule has 0 rings (SSSR count). The molecule has 0 aliphatic rings. The van der Waals surface area contributed by atoms with Gasteiger partial charge in [-0.1, -0.05) is 0 Å². The summed E-state index contributed by atoms with van der Waals surface area (Å²) < 4.78 is 0. The van der Waals surface area contributed by atoms with Gasteiger partial charge in [0.2, 0.25) is 11.9 Å². The number of guanidine groups is 2. The molecule has 0 amide bonds. The summed E-state index contributed by atoms with van der Waals surface area (Å²) in [6.07, 6.45) is 1.12. The van der Waals surface area contributed by atoms with Gasteiger partial charge in [-0.2, -0.15) is 5.10 Å². The van der Waals surface area contributed by atoms with Crippen LogP contribution in [0.2, 0.25) is 0 Å². The van der Waals surface area contributed by atoms with Crippen molar-refractivity contribution in [2.24, 2.45) is 43.3 Å². The van der Waals surface area contributed by atoms with Gasteiger partial charge < -0.3 is 28.0 Å². The zero-order valence-electron chi connectivity index (χ0n) is 7.74. The standard InChI is InChI=1S/C5H12N8O.ClH/c6-4(7)12-10-1-3(2-14)11-13-5(8)9;/h1,14H,2H2,(H4,6,7,12)(H4,8,9,13);1H/b10-1+,11-3+;. The molecule has 0 saturated heterocycles. The SMILES string of the molecule is Cl.NC(N)=N/N=C/C(CO)=N\N=C(N)N. The number of nitrogens with two attached hydrogens (primary N) is 4. The van der Waals surface area contributed by atoms with Gasteiger partial charge in [-0.25, -0.2) is 0 Å². The lowest BCUT2D eigenvalue weighted by Crippen LogP contribution is -2.22. The Morgan fingerprint density at radius 3 is 1.93 bits per heavy atom. The van der Waals surface area contributed by atoms with Crippen LogP contribution in [0.4, 0.5) is 0 Å². The van der Waals surface area contributed by atoms with Crippen molar-refractivity contribution in [1.29, 1.82) is 0 Å². The molecule has 10 heteroatoms. The van der Waals surface area contributed by atoms with E-state index in [2.05, 4.69) is 20.4 Å². The second-order valence-corrected chi connectivity index (χ2v) is 2.04. The van der Waals surface area contributed by atoms with Crippen molar-refractivity contribution in [3.8, 4) is 0 Å². The maximum Gasteiger partial charge on any atom is 0.211 e. The maximum atomic E-state index is 8.72. The Labute approximate surface area is 92.0 Å². The van der Waals surface area contributed by atoms with Crippen LogP contribution in [0.15, 0.2) is 20.4 Å². The normalized spacial score (nSPS) is 10.6. The number of hydrogen-bond acceptors (Lipinski definition) is 5. The lowest BCUT2D eigenvalue weighted by atomic mass is 10.4. The van der Waals surface area contributed by atoms with Gasteiger partial charge in [0.1, 0.15) is 5.71 Å². The average Bonchev–Trinajstić information content (AvgIpc) is 2.10. The summed E-state index contributed by atoms with van der Waals surface area (Å²) in [6, 6.07) is 0. The highest BCUT2D eigenvalue weighted by Crippen LogP contribution is 1.78. The van der Waals surface area contributed by atoms with Crippen LogP contribution in [0.3, 0.4) is 0 Å². The summed E-state index contributed by atoms with van der Waals surface area (Å²) in [6.45, 7) is -0.389. The monoisotopic (exact) mass is 236 g/mol. The van der Waals surface area contributed by atoms with Crippen LogP contribution in [0.5, 0.6) is 0 Å². The third kappa shape index (κ3) is 10.0. The highest BCUT2D eigenvalue weighted by atomic mass is 35.5. The van der Waals surface area contributed by atoms with E-state index in [-0.39, 0.29) is 36.6 Å². The fourth-order valence-electron chi connectivity index (χ4n) is 0.382. The molecule has 0 aliphatic carbocycles. The Bertz CT molecular complexity index is 287. The summed E-state index contributed by atoms with van der Waals surface area (Å²) in [5.74, 6) is -0.438. The van der Waals surface area contributed by atoms with E-state index in [0.29, 0.717) is 0 Å². The smallest absolute Gasteiger partial charge is 0.211 e. The summed E-state index contributed by atoms with van der Waals surface area (Å²) >= 11 is 0. The first-order chi connectivity index (χ1) is 6.56. The fourth-order valence-corrected chi connectivity index (χ4v) is 0.382. The molecule has 0 aromatic rings. The average molecular weight is 237 g/mol. The maximum absolute atomic E-state index is 8.72. The number of halogens is 1. The largest absolute Gasteiger partial charge is 0.390 e. The summed E-state index contributed by atoms with van der Waals surface area (Å²) in [5.41, 5.74) is 20.1. The van der Waals surface area contributed by atoms with Gasteiger partial charge in [0, 0.05) is 0 Å². The van der Waals surface area contributed by atoms with Gasteiger partial charge >= 0.3 is 0 Å². The topological polar surface area (TPSA) is 174 Å². The van der Waals surface area contributed by atoms with Crippen molar-refractivity contribution in [1.82, 2.24) is 0 Å². The van der Waals surface area contributed by atoms with Crippen LogP contribution < -0.4 is 22.9 Å². The van der Waals surface area contributed by atoms with Crippen LogP contribution in [-0.4, -0.2) is 35.6 Å². The lowest BCUT2D eigenvalue weighted by molar-refractivity contribution is 0.359. The zero-order valence-corrected chi connectivity index (χ0v) is 8.55. The Hall–Kier alpha value is -1.87. The molecule has 0 bridgehead atoms. The second-order valence-electron chi connectivity index (χ2n) is 2.04. The minimum Gasteiger partial charge on any atom is -0.390 e. The van der Waals surface area contributed by atoms with E-state index in [1.165, 1.54) is 0 Å². The molecule has 0 spiro atoms. The predicted octanol–water partition coefficient (Wildman–Crippen LogP) is -2.71. The van der Waals surface area contributed by atoms with Crippen molar-refractivity contribution < 1.29 is 5.11 Å². The van der Waals surface area contributed by atoms with Gasteiger partial charge in [0.15, 0.2) is 0 Å². The number of hydrogen-bond donors (Lipinski definition) is 5. The third-order valence-corrected chi connectivity index (χ3v) is 0.836. The third-order valence-electron chi connectivity index (χ3n) is 0.836. The van der Waals surface area contributed by atoms with Crippen LogP contribution in [0.25, 0.3) is 0 Å². The molecule has 15 heavy (non-hydrogen) atoms. The van der Waals surface area contributed by atoms with Gasteiger partial charge in [0.25, 0.3) is 0 Å². The molecule has 0 saturated carbocycles. The van der Waals surface area contributed by atoms with Gasteiger partial charge in [0.05, 0.1) is 12.8 Å². The highest BCUT2D eigenvalue weighted by molar-refractivity contribution is 6.31. The Kier molecular flexibility index (Phi) is 9.06. The predicted molar refractivity (Wildman–Crippen MR) is 61.9 cm³/mol. The Balaban J connectivity index is 0. The first kappa shape index (κ1) is 15.6. The fraction of sp³-hybridized carbons (Fsp3) is 0.200. The van der Waals surface area contributed by atoms with Crippen LogP contribution in [0, 0.1) is 0 Å². The number of nitrogens with zero attached hydrogens (tertiary/aromatic N) is 4. The molecule has 0 radical (unpaired) electrons. The van der Waals surface area contributed by atoms with E-state index >= 15 is 0 Å². The molecular formula is C5H13ClN8O. The molecule has 9 N–H and O–H groups in total. The second kappa shape index (κ2) is 8.72. The molecular weight excluding hydrogens is 224 g/mol. The number of rotatable bonds is 4. The number of aliphatic hydroxyl groups is 1. The van der Waals surface area contributed by atoms with Crippen LogP contribution >= 0.6 is 12.4 Å². The molecule has 0 aromatic carbocycles. The van der Waals surface area contributed by atoms with Crippen molar-refractivity contribution in [2.45, 2.75) is 0 Å². The van der Waals surface area contributed by atoms with E-state index in [1.54, 1.807) is 0 Å². The summed E-state index contributed by atoms with van der Waals surface area (Å²) in [7, 11) is 0. The van der Waals surface area contributed by atoms with Gasteiger partial charge in [-0.3, -0.25) is 0 Å². The van der Waals surface area contributed by atoms with Crippen LogP contribution in [-0.2, 0) is 0 Å². The first-order valence-corrected chi connectivity index (χ1v) is 3.44. The first-order valence-electron chi connectivity index (χ1n) is 3.44. The Morgan fingerprint density at radius 2 is 1.53 bits per heavy atom. The zero-order chi connectivity index (χ0) is 11.0. The van der Waals surface area contributed by atoms with Crippen LogP contribution in [0.1, 0.15) is 0 Å². The summed E-state index contributed by atoms with van der Waals surface area (Å²) in [4.78, 5) is 0. The molecule has 0 aromatic heterocycles. The van der Waals surface area contributed by atoms with E-state index in [9.17, 15) is 0 Å². The highest BCUT2D eigenvalue weighted by Gasteiger charge is 1.91. The van der Waals surface area contributed by atoms with Crippen molar-refractivity contribution in [3.63, 3.8) is 0 Å². The van der Waals surface area contributed by atoms with Crippen molar-refractivity contribution in [3.05, 3.63) is 0 Å². The van der Waals surface area contributed by atoms with E-state index in [4.69, 9.17) is 28.0 Å². The van der Waals surface area contributed by atoms with E-state index < -0.39 is 0 Å².